The maximum absolute atomic E-state index is 8.60. The molecule has 0 saturated heterocycles. The molecule has 1 aromatic carbocycles. The van der Waals surface area contributed by atoms with E-state index in [1.807, 2.05) is 18.2 Å². The van der Waals surface area contributed by atoms with Crippen LogP contribution in [-0.2, 0) is 6.54 Å². The molecule has 0 amide bonds. The second kappa shape index (κ2) is 7.23. The largest absolute Gasteiger partial charge is 0.396 e. The topological polar surface area (TPSA) is 32.3 Å². The molecule has 84 valence electrons. The minimum absolute atomic E-state index is 0.272. The van der Waals surface area contributed by atoms with Crippen molar-refractivity contribution in [1.82, 2.24) is 5.32 Å². The Morgan fingerprint density at radius 2 is 2.13 bits per heavy atom. The van der Waals surface area contributed by atoms with Gasteiger partial charge in [-0.25, -0.2) is 0 Å². The van der Waals surface area contributed by atoms with Crippen molar-refractivity contribution < 1.29 is 5.11 Å². The lowest BCUT2D eigenvalue weighted by atomic mass is 10.2. The van der Waals surface area contributed by atoms with Crippen LogP contribution in [0.3, 0.4) is 0 Å². The van der Waals surface area contributed by atoms with Crippen LogP contribution >= 0.6 is 27.5 Å². The van der Waals surface area contributed by atoms with Crippen LogP contribution in [0.2, 0.25) is 5.02 Å². The second-order valence-electron chi connectivity index (χ2n) is 3.36. The van der Waals surface area contributed by atoms with Gasteiger partial charge in [0.25, 0.3) is 0 Å². The molecule has 0 aliphatic heterocycles. The molecule has 0 bridgehead atoms. The van der Waals surface area contributed by atoms with Gasteiger partial charge in [-0.15, -0.1) is 0 Å². The summed E-state index contributed by atoms with van der Waals surface area (Å²) in [6.07, 6.45) is 1.86. The number of hydrogen-bond donors (Lipinski definition) is 2. The Kier molecular flexibility index (Phi) is 6.25. The summed E-state index contributed by atoms with van der Waals surface area (Å²) < 4.78 is 0.929. The van der Waals surface area contributed by atoms with Crippen molar-refractivity contribution >= 4 is 27.5 Å². The number of halogens is 2. The number of benzene rings is 1. The van der Waals surface area contributed by atoms with Crippen molar-refractivity contribution in [3.8, 4) is 0 Å². The maximum atomic E-state index is 8.60. The molecule has 0 aromatic heterocycles. The van der Waals surface area contributed by atoms with Gasteiger partial charge < -0.3 is 10.4 Å². The molecule has 1 rings (SSSR count). The van der Waals surface area contributed by atoms with Gasteiger partial charge in [0.1, 0.15) is 0 Å². The van der Waals surface area contributed by atoms with E-state index in [1.54, 1.807) is 0 Å². The lowest BCUT2D eigenvalue weighted by Crippen LogP contribution is -2.14. The average Bonchev–Trinajstić information content (AvgIpc) is 2.23. The molecule has 0 aliphatic carbocycles. The summed E-state index contributed by atoms with van der Waals surface area (Å²) in [7, 11) is 0. The zero-order chi connectivity index (χ0) is 11.1. The van der Waals surface area contributed by atoms with Crippen LogP contribution in [0, 0.1) is 0 Å². The molecule has 1 aromatic rings. The molecule has 0 saturated carbocycles. The molecule has 0 heterocycles. The first kappa shape index (κ1) is 13.0. The van der Waals surface area contributed by atoms with Gasteiger partial charge in [-0.2, -0.15) is 0 Å². The van der Waals surface area contributed by atoms with Crippen LogP contribution in [-0.4, -0.2) is 18.3 Å². The van der Waals surface area contributed by atoms with E-state index < -0.39 is 0 Å². The van der Waals surface area contributed by atoms with E-state index in [-0.39, 0.29) is 6.61 Å². The van der Waals surface area contributed by atoms with E-state index in [0.717, 1.165) is 35.4 Å². The van der Waals surface area contributed by atoms with Crippen molar-refractivity contribution in [3.63, 3.8) is 0 Å². The molecule has 0 spiro atoms. The van der Waals surface area contributed by atoms with Crippen LogP contribution in [0.4, 0.5) is 0 Å². The third-order valence-corrected chi connectivity index (χ3v) is 3.29. The summed E-state index contributed by atoms with van der Waals surface area (Å²) in [5.41, 5.74) is 1.20. The first-order valence-electron chi connectivity index (χ1n) is 4.99. The number of hydrogen-bond acceptors (Lipinski definition) is 2. The van der Waals surface area contributed by atoms with Gasteiger partial charge in [0.05, 0.1) is 5.02 Å². The molecule has 0 aliphatic rings. The minimum Gasteiger partial charge on any atom is -0.396 e. The van der Waals surface area contributed by atoms with Crippen molar-refractivity contribution in [2.24, 2.45) is 0 Å². The second-order valence-corrected chi connectivity index (χ2v) is 4.62. The first-order chi connectivity index (χ1) is 7.24. The molecular formula is C11H15BrClNO. The Bertz CT molecular complexity index is 307. The van der Waals surface area contributed by atoms with Gasteiger partial charge in [0.2, 0.25) is 0 Å². The Labute approximate surface area is 104 Å². The van der Waals surface area contributed by atoms with E-state index in [0.29, 0.717) is 0 Å². The zero-order valence-electron chi connectivity index (χ0n) is 8.47. The quantitative estimate of drug-likeness (QED) is 0.790. The fourth-order valence-corrected chi connectivity index (χ4v) is 1.79. The smallest absolute Gasteiger partial charge is 0.0548 e. The number of aliphatic hydroxyl groups excluding tert-OH is 1. The number of nitrogens with one attached hydrogen (secondary N) is 1. The van der Waals surface area contributed by atoms with E-state index >= 15 is 0 Å². The molecule has 15 heavy (non-hydrogen) atoms. The fourth-order valence-electron chi connectivity index (χ4n) is 1.24. The lowest BCUT2D eigenvalue weighted by molar-refractivity contribution is 0.283. The molecule has 0 radical (unpaired) electrons. The van der Waals surface area contributed by atoms with Crippen LogP contribution in [0.15, 0.2) is 22.7 Å². The molecular weight excluding hydrogens is 277 g/mol. The number of rotatable bonds is 6. The molecule has 2 N–H and O–H groups in total. The Balaban J connectivity index is 2.28. The Hall–Kier alpha value is -0.0900. The zero-order valence-corrected chi connectivity index (χ0v) is 10.8. The standard InChI is InChI=1S/C11H15BrClNO/c12-10-7-9(3-4-11(10)13)8-14-5-1-2-6-15/h3-4,7,14-15H,1-2,5-6,8H2. The molecule has 0 fully saturated rings. The summed E-state index contributed by atoms with van der Waals surface area (Å²) >= 11 is 9.28. The third kappa shape index (κ3) is 4.98. The van der Waals surface area contributed by atoms with Crippen LogP contribution in [0.5, 0.6) is 0 Å². The van der Waals surface area contributed by atoms with Gasteiger partial charge >= 0.3 is 0 Å². The van der Waals surface area contributed by atoms with Crippen LogP contribution in [0.25, 0.3) is 0 Å². The summed E-state index contributed by atoms with van der Waals surface area (Å²) in [4.78, 5) is 0. The highest BCUT2D eigenvalue weighted by Gasteiger charge is 1.98. The van der Waals surface area contributed by atoms with Gasteiger partial charge in [-0.1, -0.05) is 17.7 Å². The highest BCUT2D eigenvalue weighted by atomic mass is 79.9. The van der Waals surface area contributed by atoms with E-state index in [2.05, 4.69) is 21.2 Å². The molecule has 0 unspecified atom stereocenters. The fraction of sp³-hybridized carbons (Fsp3) is 0.455. The number of unbranched alkanes of at least 4 members (excludes halogenated alkanes) is 1. The summed E-state index contributed by atoms with van der Waals surface area (Å²) in [6, 6.07) is 5.91. The summed E-state index contributed by atoms with van der Waals surface area (Å²) in [5, 5.41) is 12.6. The van der Waals surface area contributed by atoms with Crippen molar-refractivity contribution in [3.05, 3.63) is 33.3 Å². The first-order valence-corrected chi connectivity index (χ1v) is 6.16. The molecule has 4 heteroatoms. The minimum atomic E-state index is 0.272. The molecule has 2 nitrogen and oxygen atoms in total. The monoisotopic (exact) mass is 291 g/mol. The van der Waals surface area contributed by atoms with Gasteiger partial charge in [0, 0.05) is 17.6 Å². The van der Waals surface area contributed by atoms with Crippen molar-refractivity contribution in [2.45, 2.75) is 19.4 Å². The average molecular weight is 293 g/mol. The molecule has 0 atom stereocenters. The normalized spacial score (nSPS) is 10.6. The SMILES string of the molecule is OCCCCNCc1ccc(Cl)c(Br)c1. The van der Waals surface area contributed by atoms with Crippen molar-refractivity contribution in [1.29, 1.82) is 0 Å². The summed E-state index contributed by atoms with van der Waals surface area (Å²) in [6.45, 7) is 2.04. The number of aliphatic hydroxyl groups is 1. The highest BCUT2D eigenvalue weighted by molar-refractivity contribution is 9.10. The predicted molar refractivity (Wildman–Crippen MR) is 67.2 cm³/mol. The lowest BCUT2D eigenvalue weighted by Gasteiger charge is -2.05. The predicted octanol–water partition coefficient (Wildman–Crippen LogP) is 2.96. The van der Waals surface area contributed by atoms with Gasteiger partial charge in [-0.3, -0.25) is 0 Å². The maximum Gasteiger partial charge on any atom is 0.0548 e. The van der Waals surface area contributed by atoms with Crippen LogP contribution in [0.1, 0.15) is 18.4 Å². The Morgan fingerprint density at radius 3 is 2.80 bits per heavy atom. The van der Waals surface area contributed by atoms with E-state index in [4.69, 9.17) is 16.7 Å². The van der Waals surface area contributed by atoms with Gasteiger partial charge in [0.15, 0.2) is 0 Å². The summed E-state index contributed by atoms with van der Waals surface area (Å²) in [5.74, 6) is 0. The van der Waals surface area contributed by atoms with E-state index in [9.17, 15) is 0 Å². The van der Waals surface area contributed by atoms with E-state index in [1.165, 1.54) is 5.56 Å². The third-order valence-electron chi connectivity index (χ3n) is 2.07. The van der Waals surface area contributed by atoms with Gasteiger partial charge in [-0.05, 0) is 53.0 Å². The van der Waals surface area contributed by atoms with Crippen LogP contribution < -0.4 is 5.32 Å². The van der Waals surface area contributed by atoms with Crippen molar-refractivity contribution in [2.75, 3.05) is 13.2 Å². The highest BCUT2D eigenvalue weighted by Crippen LogP contribution is 2.22. The Morgan fingerprint density at radius 1 is 1.33 bits per heavy atom.